The number of phenols is 2. The quantitative estimate of drug-likeness (QED) is 0.859. The number of nitrogens with zero attached hydrogens (tertiary/aromatic N) is 2. The largest absolute Gasteiger partial charge is 0.507 e. The highest BCUT2D eigenvalue weighted by atomic mass is 16.3. The maximum atomic E-state index is 9.98. The molecule has 1 aromatic carbocycles. The number of aromatic hydroxyl groups is 2. The van der Waals surface area contributed by atoms with Crippen molar-refractivity contribution in [1.82, 2.24) is 9.80 Å². The van der Waals surface area contributed by atoms with Crippen LogP contribution < -0.4 is 0 Å². The summed E-state index contributed by atoms with van der Waals surface area (Å²) in [5.74, 6) is 0.346. The molecule has 1 aliphatic rings. The van der Waals surface area contributed by atoms with Gasteiger partial charge in [-0.25, -0.2) is 0 Å². The van der Waals surface area contributed by atoms with E-state index in [4.69, 9.17) is 0 Å². The van der Waals surface area contributed by atoms with Crippen LogP contribution in [0.1, 0.15) is 32.4 Å². The van der Waals surface area contributed by atoms with Crippen molar-refractivity contribution in [3.63, 3.8) is 0 Å². The molecule has 0 aromatic heterocycles. The Labute approximate surface area is 115 Å². The van der Waals surface area contributed by atoms with Gasteiger partial charge in [-0.05, 0) is 40.0 Å². The Morgan fingerprint density at radius 3 is 2.05 bits per heavy atom. The maximum absolute atomic E-state index is 9.98. The molecule has 0 aliphatic carbocycles. The van der Waals surface area contributed by atoms with Gasteiger partial charge in [0.05, 0.1) is 5.56 Å². The topological polar surface area (TPSA) is 46.9 Å². The number of hydrogen-bond donors (Lipinski definition) is 2. The molecule has 0 bridgehead atoms. The molecule has 4 nitrogen and oxygen atoms in total. The van der Waals surface area contributed by atoms with Crippen LogP contribution in [0.2, 0.25) is 0 Å². The van der Waals surface area contributed by atoms with Crippen LogP contribution in [0.25, 0.3) is 0 Å². The number of phenolic OH excluding ortho intramolecular Hbond substituents is 2. The van der Waals surface area contributed by atoms with Gasteiger partial charge >= 0.3 is 0 Å². The minimum absolute atomic E-state index is 0.0137. The third-order valence-electron chi connectivity index (χ3n) is 4.41. The zero-order valence-corrected chi connectivity index (χ0v) is 12.2. The first-order valence-electron chi connectivity index (χ1n) is 6.88. The van der Waals surface area contributed by atoms with Crippen LogP contribution >= 0.6 is 0 Å². The van der Waals surface area contributed by atoms with Crippen molar-refractivity contribution in [2.75, 3.05) is 20.1 Å². The first-order chi connectivity index (χ1) is 8.91. The molecule has 1 fully saturated rings. The van der Waals surface area contributed by atoms with Gasteiger partial charge in [-0.15, -0.1) is 0 Å². The zero-order chi connectivity index (χ0) is 14.2. The molecule has 1 saturated heterocycles. The van der Waals surface area contributed by atoms with E-state index >= 15 is 0 Å². The van der Waals surface area contributed by atoms with Crippen LogP contribution in [0.4, 0.5) is 0 Å². The van der Waals surface area contributed by atoms with E-state index in [2.05, 4.69) is 30.7 Å². The van der Waals surface area contributed by atoms with Crippen molar-refractivity contribution < 1.29 is 10.2 Å². The van der Waals surface area contributed by atoms with Crippen LogP contribution in [0.3, 0.4) is 0 Å². The minimum atomic E-state index is 0.0137. The molecule has 106 valence electrons. The lowest BCUT2D eigenvalue weighted by Crippen LogP contribution is -2.55. The molecule has 4 heteroatoms. The number of rotatable bonds is 2. The van der Waals surface area contributed by atoms with Crippen LogP contribution in [0, 0.1) is 0 Å². The van der Waals surface area contributed by atoms with Gasteiger partial charge < -0.3 is 10.2 Å². The normalized spacial score (nSPS) is 27.4. The molecule has 0 spiro atoms. The van der Waals surface area contributed by atoms with Crippen LogP contribution in [-0.4, -0.2) is 52.2 Å². The predicted octanol–water partition coefficient (Wildman–Crippen LogP) is 2.18. The molecule has 0 radical (unpaired) electrons. The number of likely N-dealkylation sites (N-methyl/N-ethyl adjacent to an activating group) is 1. The van der Waals surface area contributed by atoms with Crippen LogP contribution in [0.15, 0.2) is 18.2 Å². The van der Waals surface area contributed by atoms with Crippen molar-refractivity contribution in [2.45, 2.75) is 38.9 Å². The van der Waals surface area contributed by atoms with Gasteiger partial charge in [0, 0.05) is 31.2 Å². The lowest BCUT2D eigenvalue weighted by Gasteiger charge is -2.45. The Bertz CT molecular complexity index is 418. The van der Waals surface area contributed by atoms with Crippen molar-refractivity contribution in [1.29, 1.82) is 0 Å². The van der Waals surface area contributed by atoms with Crippen molar-refractivity contribution in [3.8, 4) is 11.5 Å². The highest BCUT2D eigenvalue weighted by molar-refractivity contribution is 5.45. The summed E-state index contributed by atoms with van der Waals surface area (Å²) < 4.78 is 0. The standard InChI is InChI=1S/C15H24N2O2/c1-10-8-17(9-11(2)16(10)4)12(3)15-13(18)6-5-7-14(15)19/h5-7,10-12,18-19H,8-9H2,1-4H3. The van der Waals surface area contributed by atoms with Crippen molar-refractivity contribution in [2.24, 2.45) is 0 Å². The number of benzene rings is 1. The fourth-order valence-electron chi connectivity index (χ4n) is 2.91. The fraction of sp³-hybridized carbons (Fsp3) is 0.600. The van der Waals surface area contributed by atoms with E-state index in [-0.39, 0.29) is 17.5 Å². The highest BCUT2D eigenvalue weighted by Gasteiger charge is 2.31. The summed E-state index contributed by atoms with van der Waals surface area (Å²) in [5.41, 5.74) is 0.631. The Kier molecular flexibility index (Phi) is 4.02. The van der Waals surface area contributed by atoms with Gasteiger partial charge in [-0.3, -0.25) is 9.80 Å². The summed E-state index contributed by atoms with van der Waals surface area (Å²) in [7, 11) is 2.15. The minimum Gasteiger partial charge on any atom is -0.507 e. The average Bonchev–Trinajstić information content (AvgIpc) is 2.35. The predicted molar refractivity (Wildman–Crippen MR) is 76.4 cm³/mol. The van der Waals surface area contributed by atoms with Gasteiger partial charge in [0.15, 0.2) is 0 Å². The Morgan fingerprint density at radius 1 is 1.11 bits per heavy atom. The average molecular weight is 264 g/mol. The summed E-state index contributed by atoms with van der Waals surface area (Å²) in [6.45, 7) is 8.34. The summed E-state index contributed by atoms with van der Waals surface area (Å²) in [6, 6.07) is 5.89. The molecular weight excluding hydrogens is 240 g/mol. The zero-order valence-electron chi connectivity index (χ0n) is 12.2. The van der Waals surface area contributed by atoms with Crippen LogP contribution in [-0.2, 0) is 0 Å². The second-order valence-electron chi connectivity index (χ2n) is 5.70. The molecule has 1 heterocycles. The Morgan fingerprint density at radius 2 is 1.58 bits per heavy atom. The Balaban J connectivity index is 2.22. The van der Waals surface area contributed by atoms with Gasteiger partial charge in [-0.2, -0.15) is 0 Å². The molecule has 19 heavy (non-hydrogen) atoms. The van der Waals surface area contributed by atoms with Crippen molar-refractivity contribution in [3.05, 3.63) is 23.8 Å². The molecule has 2 rings (SSSR count). The first-order valence-corrected chi connectivity index (χ1v) is 6.88. The van der Waals surface area contributed by atoms with Crippen molar-refractivity contribution >= 4 is 0 Å². The van der Waals surface area contributed by atoms with Gasteiger partial charge in [0.25, 0.3) is 0 Å². The van der Waals surface area contributed by atoms with E-state index in [1.54, 1.807) is 18.2 Å². The highest BCUT2D eigenvalue weighted by Crippen LogP contribution is 2.36. The summed E-state index contributed by atoms with van der Waals surface area (Å²) in [4.78, 5) is 4.69. The fourth-order valence-corrected chi connectivity index (χ4v) is 2.91. The van der Waals surface area contributed by atoms with Gasteiger partial charge in [0.1, 0.15) is 11.5 Å². The monoisotopic (exact) mass is 264 g/mol. The van der Waals surface area contributed by atoms with Gasteiger partial charge in [-0.1, -0.05) is 6.07 Å². The summed E-state index contributed by atoms with van der Waals surface area (Å²) >= 11 is 0. The molecule has 3 unspecified atom stereocenters. The van der Waals surface area contributed by atoms with Gasteiger partial charge in [0.2, 0.25) is 0 Å². The molecular formula is C15H24N2O2. The third kappa shape index (κ3) is 2.69. The lowest BCUT2D eigenvalue weighted by molar-refractivity contribution is 0.0365. The molecule has 0 saturated carbocycles. The number of hydrogen-bond acceptors (Lipinski definition) is 4. The molecule has 2 N–H and O–H groups in total. The first kappa shape index (κ1) is 14.2. The smallest absolute Gasteiger partial charge is 0.124 e. The van der Waals surface area contributed by atoms with E-state index < -0.39 is 0 Å². The Hall–Kier alpha value is -1.26. The second kappa shape index (κ2) is 5.39. The molecule has 1 aliphatic heterocycles. The molecule has 1 aromatic rings. The second-order valence-corrected chi connectivity index (χ2v) is 5.70. The summed E-state index contributed by atoms with van der Waals surface area (Å²) in [6.07, 6.45) is 0. The lowest BCUT2D eigenvalue weighted by atomic mass is 10.0. The number of piperazine rings is 1. The van der Waals surface area contributed by atoms with Crippen LogP contribution in [0.5, 0.6) is 11.5 Å². The van der Waals surface area contributed by atoms with E-state index in [0.29, 0.717) is 17.6 Å². The molecule has 0 amide bonds. The van der Waals surface area contributed by atoms with E-state index in [9.17, 15) is 10.2 Å². The van der Waals surface area contributed by atoms with E-state index in [1.807, 2.05) is 6.92 Å². The van der Waals surface area contributed by atoms with E-state index in [0.717, 1.165) is 13.1 Å². The summed E-state index contributed by atoms with van der Waals surface area (Å²) in [5, 5.41) is 20.0. The maximum Gasteiger partial charge on any atom is 0.124 e. The van der Waals surface area contributed by atoms with E-state index in [1.165, 1.54) is 0 Å². The SMILES string of the molecule is CC(c1c(O)cccc1O)N1CC(C)N(C)C(C)C1. The third-order valence-corrected chi connectivity index (χ3v) is 4.41. The molecule has 3 atom stereocenters.